The van der Waals surface area contributed by atoms with Gasteiger partial charge in [-0.1, -0.05) is 0 Å². The Balaban J connectivity index is 2.38. The Morgan fingerprint density at radius 3 is 2.78 bits per heavy atom. The van der Waals surface area contributed by atoms with Gasteiger partial charge in [0.2, 0.25) is 0 Å². The highest BCUT2D eigenvalue weighted by Crippen LogP contribution is 2.25. The molecule has 0 spiro atoms. The summed E-state index contributed by atoms with van der Waals surface area (Å²) in [5, 5.41) is 3.06. The standard InChI is InChI=1S/C13H14FN3O/c1-3-15-13-7-12(16-8-17-13)10-5-4-9(18-2)6-11(10)14/h4-8H,3H2,1-2H3,(H,15,16,17). The van der Waals surface area contributed by atoms with Crippen LogP contribution in [-0.2, 0) is 0 Å². The van der Waals surface area contributed by atoms with Crippen LogP contribution in [0.1, 0.15) is 6.92 Å². The van der Waals surface area contributed by atoms with Gasteiger partial charge in [-0.25, -0.2) is 14.4 Å². The Morgan fingerprint density at radius 1 is 1.28 bits per heavy atom. The molecule has 0 radical (unpaired) electrons. The first-order valence-electron chi connectivity index (χ1n) is 5.64. The van der Waals surface area contributed by atoms with E-state index in [-0.39, 0.29) is 5.82 Å². The summed E-state index contributed by atoms with van der Waals surface area (Å²) in [6.45, 7) is 2.72. The van der Waals surface area contributed by atoms with Crippen LogP contribution in [0.25, 0.3) is 11.3 Å². The number of rotatable bonds is 4. The fraction of sp³-hybridized carbons (Fsp3) is 0.231. The molecule has 0 saturated heterocycles. The number of anilines is 1. The van der Waals surface area contributed by atoms with Crippen molar-refractivity contribution in [1.29, 1.82) is 0 Å². The maximum Gasteiger partial charge on any atom is 0.136 e. The van der Waals surface area contributed by atoms with Gasteiger partial charge >= 0.3 is 0 Å². The number of ether oxygens (including phenoxy) is 1. The predicted octanol–water partition coefficient (Wildman–Crippen LogP) is 2.72. The van der Waals surface area contributed by atoms with E-state index in [1.165, 1.54) is 19.5 Å². The fourth-order valence-electron chi connectivity index (χ4n) is 1.61. The van der Waals surface area contributed by atoms with Crippen molar-refractivity contribution < 1.29 is 9.13 Å². The largest absolute Gasteiger partial charge is 0.497 e. The second-order valence-corrected chi connectivity index (χ2v) is 3.66. The fourth-order valence-corrected chi connectivity index (χ4v) is 1.61. The van der Waals surface area contributed by atoms with Gasteiger partial charge in [-0.15, -0.1) is 0 Å². The van der Waals surface area contributed by atoms with E-state index in [0.717, 1.165) is 6.54 Å². The number of nitrogens with zero attached hydrogens (tertiary/aromatic N) is 2. The van der Waals surface area contributed by atoms with Crippen LogP contribution in [0.4, 0.5) is 10.2 Å². The van der Waals surface area contributed by atoms with Gasteiger partial charge in [0.15, 0.2) is 0 Å². The minimum atomic E-state index is -0.365. The van der Waals surface area contributed by atoms with Crippen molar-refractivity contribution in [2.45, 2.75) is 6.92 Å². The van der Waals surface area contributed by atoms with Crippen molar-refractivity contribution in [1.82, 2.24) is 9.97 Å². The topological polar surface area (TPSA) is 47.0 Å². The molecule has 0 fully saturated rings. The molecular weight excluding hydrogens is 233 g/mol. The Kier molecular flexibility index (Phi) is 3.72. The monoisotopic (exact) mass is 247 g/mol. The van der Waals surface area contributed by atoms with Crippen LogP contribution in [-0.4, -0.2) is 23.6 Å². The Morgan fingerprint density at radius 2 is 2.11 bits per heavy atom. The molecule has 94 valence electrons. The molecule has 5 heteroatoms. The van der Waals surface area contributed by atoms with Crippen LogP contribution < -0.4 is 10.1 Å². The second kappa shape index (κ2) is 5.44. The van der Waals surface area contributed by atoms with Crippen molar-refractivity contribution >= 4 is 5.82 Å². The van der Waals surface area contributed by atoms with Crippen LogP contribution in [0.5, 0.6) is 5.75 Å². The molecule has 2 rings (SSSR count). The summed E-state index contributed by atoms with van der Waals surface area (Å²) < 4.78 is 18.8. The van der Waals surface area contributed by atoms with E-state index in [0.29, 0.717) is 22.8 Å². The molecule has 1 heterocycles. The van der Waals surface area contributed by atoms with Gasteiger partial charge in [0.1, 0.15) is 23.7 Å². The van der Waals surface area contributed by atoms with E-state index < -0.39 is 0 Å². The summed E-state index contributed by atoms with van der Waals surface area (Å²) in [5.41, 5.74) is 0.971. The predicted molar refractivity (Wildman–Crippen MR) is 68.1 cm³/mol. The van der Waals surface area contributed by atoms with Crippen molar-refractivity contribution in [2.24, 2.45) is 0 Å². The number of benzene rings is 1. The van der Waals surface area contributed by atoms with Gasteiger partial charge in [-0.2, -0.15) is 0 Å². The molecule has 0 saturated carbocycles. The van der Waals surface area contributed by atoms with Gasteiger partial charge in [0, 0.05) is 24.2 Å². The quantitative estimate of drug-likeness (QED) is 0.902. The van der Waals surface area contributed by atoms with E-state index in [1.807, 2.05) is 6.92 Å². The molecule has 18 heavy (non-hydrogen) atoms. The van der Waals surface area contributed by atoms with Gasteiger partial charge in [-0.05, 0) is 19.1 Å². The molecule has 2 aromatic rings. The molecule has 1 N–H and O–H groups in total. The summed E-state index contributed by atoms with van der Waals surface area (Å²) >= 11 is 0. The second-order valence-electron chi connectivity index (χ2n) is 3.66. The van der Waals surface area contributed by atoms with E-state index in [2.05, 4.69) is 15.3 Å². The molecule has 0 unspecified atom stereocenters. The Hall–Kier alpha value is -2.17. The SMILES string of the molecule is CCNc1cc(-c2ccc(OC)cc2F)ncn1. The van der Waals surface area contributed by atoms with E-state index in [1.54, 1.807) is 18.2 Å². The van der Waals surface area contributed by atoms with Crippen LogP contribution in [0.15, 0.2) is 30.6 Å². The van der Waals surface area contributed by atoms with Gasteiger partial charge in [0.05, 0.1) is 12.8 Å². The van der Waals surface area contributed by atoms with Crippen LogP contribution >= 0.6 is 0 Å². The maximum atomic E-state index is 13.9. The highest BCUT2D eigenvalue weighted by atomic mass is 19.1. The summed E-state index contributed by atoms with van der Waals surface area (Å²) in [5.74, 6) is 0.797. The van der Waals surface area contributed by atoms with Gasteiger partial charge in [0.25, 0.3) is 0 Å². The lowest BCUT2D eigenvalue weighted by Crippen LogP contribution is -2.00. The zero-order valence-corrected chi connectivity index (χ0v) is 10.3. The van der Waals surface area contributed by atoms with Crippen LogP contribution in [0, 0.1) is 5.82 Å². The third-order valence-electron chi connectivity index (χ3n) is 2.48. The zero-order valence-electron chi connectivity index (χ0n) is 10.3. The minimum absolute atomic E-state index is 0.365. The lowest BCUT2D eigenvalue weighted by molar-refractivity contribution is 0.411. The number of methoxy groups -OCH3 is 1. The summed E-state index contributed by atoms with van der Waals surface area (Å²) in [6.07, 6.45) is 1.41. The highest BCUT2D eigenvalue weighted by molar-refractivity contribution is 5.63. The minimum Gasteiger partial charge on any atom is -0.497 e. The Bertz CT molecular complexity index is 546. The third-order valence-corrected chi connectivity index (χ3v) is 2.48. The van der Waals surface area contributed by atoms with Crippen LogP contribution in [0.3, 0.4) is 0 Å². The van der Waals surface area contributed by atoms with Crippen molar-refractivity contribution in [3.05, 3.63) is 36.4 Å². The molecular formula is C13H14FN3O. The molecule has 1 aromatic carbocycles. The lowest BCUT2D eigenvalue weighted by atomic mass is 10.1. The first-order chi connectivity index (χ1) is 8.74. The smallest absolute Gasteiger partial charge is 0.136 e. The first-order valence-corrected chi connectivity index (χ1v) is 5.64. The molecule has 0 aliphatic carbocycles. The number of hydrogen-bond donors (Lipinski definition) is 1. The third kappa shape index (κ3) is 2.56. The average Bonchev–Trinajstić information content (AvgIpc) is 2.39. The normalized spacial score (nSPS) is 10.2. The van der Waals surface area contributed by atoms with Crippen molar-refractivity contribution in [3.63, 3.8) is 0 Å². The lowest BCUT2D eigenvalue weighted by Gasteiger charge is -2.07. The Labute approximate surface area is 105 Å². The first kappa shape index (κ1) is 12.3. The summed E-state index contributed by atoms with van der Waals surface area (Å²) in [6, 6.07) is 6.40. The number of nitrogens with one attached hydrogen (secondary N) is 1. The number of aromatic nitrogens is 2. The summed E-state index contributed by atoms with van der Waals surface area (Å²) in [4.78, 5) is 8.12. The molecule has 0 amide bonds. The molecule has 0 aliphatic heterocycles. The van der Waals surface area contributed by atoms with E-state index in [4.69, 9.17) is 4.74 Å². The average molecular weight is 247 g/mol. The van der Waals surface area contributed by atoms with Crippen molar-refractivity contribution in [3.8, 4) is 17.0 Å². The number of halogens is 1. The zero-order chi connectivity index (χ0) is 13.0. The summed E-state index contributed by atoms with van der Waals surface area (Å²) in [7, 11) is 1.50. The molecule has 4 nitrogen and oxygen atoms in total. The van der Waals surface area contributed by atoms with Crippen molar-refractivity contribution in [2.75, 3.05) is 19.0 Å². The molecule has 0 aliphatic rings. The maximum absolute atomic E-state index is 13.9. The van der Waals surface area contributed by atoms with Gasteiger partial charge < -0.3 is 10.1 Å². The van der Waals surface area contributed by atoms with E-state index in [9.17, 15) is 4.39 Å². The van der Waals surface area contributed by atoms with E-state index >= 15 is 0 Å². The van der Waals surface area contributed by atoms with Crippen LogP contribution in [0.2, 0.25) is 0 Å². The highest BCUT2D eigenvalue weighted by Gasteiger charge is 2.08. The number of hydrogen-bond acceptors (Lipinski definition) is 4. The molecule has 0 bridgehead atoms. The molecule has 0 atom stereocenters. The van der Waals surface area contributed by atoms with Gasteiger partial charge in [-0.3, -0.25) is 0 Å². The molecule has 1 aromatic heterocycles.